The molecular formula is C13H16BrN. The minimum atomic E-state index is 0.835. The summed E-state index contributed by atoms with van der Waals surface area (Å²) in [6.45, 7) is 5.16. The quantitative estimate of drug-likeness (QED) is 0.644. The Hall–Kier alpha value is -0.940. The minimum absolute atomic E-state index is 0.835. The van der Waals surface area contributed by atoms with Crippen LogP contribution in [0.5, 0.6) is 0 Å². The lowest BCUT2D eigenvalue weighted by Crippen LogP contribution is -2.04. The first kappa shape index (κ1) is 12.1. The number of rotatable bonds is 4. The fourth-order valence-electron chi connectivity index (χ4n) is 1.59. The van der Waals surface area contributed by atoms with Crippen LogP contribution in [0, 0.1) is 26.2 Å². The van der Waals surface area contributed by atoms with E-state index in [1.807, 2.05) is 0 Å². The van der Waals surface area contributed by atoms with Gasteiger partial charge in [0.15, 0.2) is 0 Å². The summed E-state index contributed by atoms with van der Waals surface area (Å²) in [4.78, 5) is 0. The lowest BCUT2D eigenvalue weighted by atomic mass is 10.1. The van der Waals surface area contributed by atoms with Gasteiger partial charge in [-0.1, -0.05) is 15.9 Å². The number of nitrogens with one attached hydrogen (secondary N) is 1. The third kappa shape index (κ3) is 3.60. The van der Waals surface area contributed by atoms with Gasteiger partial charge in [0.2, 0.25) is 0 Å². The van der Waals surface area contributed by atoms with Crippen LogP contribution in [0.2, 0.25) is 0 Å². The van der Waals surface area contributed by atoms with Crippen LogP contribution in [0.25, 0.3) is 0 Å². The highest BCUT2D eigenvalue weighted by molar-refractivity contribution is 9.10. The molecule has 0 aromatic heterocycles. The molecule has 1 aromatic carbocycles. The maximum atomic E-state index is 5.20. The molecule has 0 aliphatic rings. The Bertz CT molecular complexity index is 354. The zero-order valence-corrected chi connectivity index (χ0v) is 10.8. The van der Waals surface area contributed by atoms with Gasteiger partial charge in [0, 0.05) is 23.1 Å². The Morgan fingerprint density at radius 3 is 2.47 bits per heavy atom. The number of halogens is 1. The molecule has 0 aliphatic carbocycles. The Labute approximate surface area is 100 Å². The molecule has 1 rings (SSSR count). The smallest absolute Gasteiger partial charge is 0.0400 e. The first-order valence-corrected chi connectivity index (χ1v) is 5.88. The molecule has 0 bridgehead atoms. The van der Waals surface area contributed by atoms with E-state index in [-0.39, 0.29) is 0 Å². The Balaban J connectivity index is 2.65. The minimum Gasteiger partial charge on any atom is -0.385 e. The molecule has 0 spiro atoms. The summed E-state index contributed by atoms with van der Waals surface area (Å²) in [5, 5.41) is 3.43. The topological polar surface area (TPSA) is 12.0 Å². The standard InChI is InChI=1S/C13H16BrN/c1-4-5-6-7-15-13-10(2)8-12(14)9-11(13)3/h1,8-9,15H,5-7H2,2-3H3. The molecule has 0 unspecified atom stereocenters. The molecule has 1 aromatic rings. The largest absolute Gasteiger partial charge is 0.385 e. The highest BCUT2D eigenvalue weighted by atomic mass is 79.9. The van der Waals surface area contributed by atoms with E-state index in [0.29, 0.717) is 0 Å². The second-order valence-electron chi connectivity index (χ2n) is 3.65. The molecular weight excluding hydrogens is 250 g/mol. The highest BCUT2D eigenvalue weighted by Crippen LogP contribution is 2.24. The van der Waals surface area contributed by atoms with Gasteiger partial charge in [0.05, 0.1) is 0 Å². The van der Waals surface area contributed by atoms with Crippen LogP contribution >= 0.6 is 15.9 Å². The Morgan fingerprint density at radius 2 is 1.93 bits per heavy atom. The van der Waals surface area contributed by atoms with Gasteiger partial charge in [-0.3, -0.25) is 0 Å². The summed E-state index contributed by atoms with van der Waals surface area (Å²) >= 11 is 3.49. The first-order valence-electron chi connectivity index (χ1n) is 5.09. The van der Waals surface area contributed by atoms with Crippen molar-refractivity contribution in [1.29, 1.82) is 0 Å². The van der Waals surface area contributed by atoms with Crippen molar-refractivity contribution in [3.8, 4) is 12.3 Å². The fraction of sp³-hybridized carbons (Fsp3) is 0.385. The Kier molecular flexibility index (Phi) is 4.71. The fourth-order valence-corrected chi connectivity index (χ4v) is 2.28. The predicted octanol–water partition coefficient (Wildman–Crippen LogP) is 3.89. The molecule has 0 saturated heterocycles. The lowest BCUT2D eigenvalue weighted by molar-refractivity contribution is 0.904. The van der Waals surface area contributed by atoms with Crippen molar-refractivity contribution in [1.82, 2.24) is 0 Å². The van der Waals surface area contributed by atoms with Crippen molar-refractivity contribution in [2.75, 3.05) is 11.9 Å². The molecule has 0 saturated carbocycles. The molecule has 1 nitrogen and oxygen atoms in total. The average molecular weight is 266 g/mol. The molecule has 0 aliphatic heterocycles. The summed E-state index contributed by atoms with van der Waals surface area (Å²) in [5.41, 5.74) is 3.76. The van der Waals surface area contributed by atoms with E-state index in [2.05, 4.69) is 53.1 Å². The second-order valence-corrected chi connectivity index (χ2v) is 4.56. The molecule has 80 valence electrons. The molecule has 1 N–H and O–H groups in total. The van der Waals surface area contributed by atoms with E-state index in [9.17, 15) is 0 Å². The van der Waals surface area contributed by atoms with Crippen molar-refractivity contribution in [3.05, 3.63) is 27.7 Å². The van der Waals surface area contributed by atoms with E-state index in [0.717, 1.165) is 23.9 Å². The third-order valence-electron chi connectivity index (χ3n) is 2.30. The summed E-state index contributed by atoms with van der Waals surface area (Å²) < 4.78 is 1.13. The van der Waals surface area contributed by atoms with Crippen LogP contribution in [0.15, 0.2) is 16.6 Å². The van der Waals surface area contributed by atoms with E-state index in [1.165, 1.54) is 16.8 Å². The second kappa shape index (κ2) is 5.82. The monoisotopic (exact) mass is 265 g/mol. The molecule has 2 heteroatoms. The lowest BCUT2D eigenvalue weighted by Gasteiger charge is -2.12. The van der Waals surface area contributed by atoms with E-state index < -0.39 is 0 Å². The number of anilines is 1. The molecule has 0 heterocycles. The van der Waals surface area contributed by atoms with Gasteiger partial charge in [-0.2, -0.15) is 0 Å². The molecule has 0 fully saturated rings. The summed E-state index contributed by atoms with van der Waals surface area (Å²) in [7, 11) is 0. The van der Waals surface area contributed by atoms with Crippen LogP contribution in [-0.4, -0.2) is 6.54 Å². The molecule has 0 atom stereocenters. The summed E-state index contributed by atoms with van der Waals surface area (Å²) in [6.07, 6.45) is 7.06. The Morgan fingerprint density at radius 1 is 1.33 bits per heavy atom. The van der Waals surface area contributed by atoms with Gasteiger partial charge >= 0.3 is 0 Å². The van der Waals surface area contributed by atoms with Crippen LogP contribution < -0.4 is 5.32 Å². The number of hydrogen-bond acceptors (Lipinski definition) is 1. The van der Waals surface area contributed by atoms with Crippen molar-refractivity contribution < 1.29 is 0 Å². The van der Waals surface area contributed by atoms with Crippen LogP contribution in [0.4, 0.5) is 5.69 Å². The number of terminal acetylenes is 1. The number of unbranched alkanes of at least 4 members (excludes halogenated alkanes) is 1. The van der Waals surface area contributed by atoms with Gasteiger partial charge < -0.3 is 5.32 Å². The maximum absolute atomic E-state index is 5.20. The van der Waals surface area contributed by atoms with E-state index >= 15 is 0 Å². The first-order chi connectivity index (χ1) is 7.15. The van der Waals surface area contributed by atoms with Gasteiger partial charge in [0.1, 0.15) is 0 Å². The predicted molar refractivity (Wildman–Crippen MR) is 70.2 cm³/mol. The zero-order valence-electron chi connectivity index (χ0n) is 9.23. The maximum Gasteiger partial charge on any atom is 0.0400 e. The SMILES string of the molecule is C#CCCCNc1c(C)cc(Br)cc1C. The molecule has 15 heavy (non-hydrogen) atoms. The van der Waals surface area contributed by atoms with Gasteiger partial charge in [-0.05, 0) is 43.5 Å². The van der Waals surface area contributed by atoms with E-state index in [1.54, 1.807) is 0 Å². The van der Waals surface area contributed by atoms with Crippen LogP contribution in [-0.2, 0) is 0 Å². The van der Waals surface area contributed by atoms with Crippen LogP contribution in [0.3, 0.4) is 0 Å². The van der Waals surface area contributed by atoms with Crippen molar-refractivity contribution >= 4 is 21.6 Å². The summed E-state index contributed by atoms with van der Waals surface area (Å²) in [6, 6.07) is 4.24. The number of hydrogen-bond donors (Lipinski definition) is 1. The average Bonchev–Trinajstić information content (AvgIpc) is 2.15. The highest BCUT2D eigenvalue weighted by Gasteiger charge is 2.02. The zero-order chi connectivity index (χ0) is 11.3. The number of aryl methyl sites for hydroxylation is 2. The van der Waals surface area contributed by atoms with Crippen molar-refractivity contribution in [2.24, 2.45) is 0 Å². The third-order valence-corrected chi connectivity index (χ3v) is 2.75. The molecule has 0 radical (unpaired) electrons. The molecule has 0 amide bonds. The normalized spacial score (nSPS) is 9.73. The van der Waals surface area contributed by atoms with Gasteiger partial charge in [0.25, 0.3) is 0 Å². The van der Waals surface area contributed by atoms with Crippen molar-refractivity contribution in [2.45, 2.75) is 26.7 Å². The van der Waals surface area contributed by atoms with Gasteiger partial charge in [-0.15, -0.1) is 12.3 Å². The summed E-state index contributed by atoms with van der Waals surface area (Å²) in [5.74, 6) is 2.64. The van der Waals surface area contributed by atoms with Crippen molar-refractivity contribution in [3.63, 3.8) is 0 Å². The number of benzene rings is 1. The van der Waals surface area contributed by atoms with E-state index in [4.69, 9.17) is 6.42 Å². The van der Waals surface area contributed by atoms with Gasteiger partial charge in [-0.25, -0.2) is 0 Å². The van der Waals surface area contributed by atoms with Crippen LogP contribution in [0.1, 0.15) is 24.0 Å².